The van der Waals surface area contributed by atoms with E-state index >= 15 is 0 Å². The number of carbonyl (C=O) groups is 1. The predicted molar refractivity (Wildman–Crippen MR) is 55.0 cm³/mol. The van der Waals surface area contributed by atoms with Crippen LogP contribution in [0.3, 0.4) is 0 Å². The van der Waals surface area contributed by atoms with Crippen molar-refractivity contribution in [1.82, 2.24) is 0 Å². The molecule has 0 rings (SSSR count). The lowest BCUT2D eigenvalue weighted by Gasteiger charge is -2.15. The van der Waals surface area contributed by atoms with Crippen LogP contribution in [0.5, 0.6) is 0 Å². The van der Waals surface area contributed by atoms with E-state index in [9.17, 15) is 13.2 Å². The molecule has 0 saturated heterocycles. The monoisotopic (exact) mass is 222 g/mol. The number of carboxylic acid groups (broad SMARTS) is 1. The van der Waals surface area contributed by atoms with Gasteiger partial charge in [0.15, 0.2) is 9.84 Å². The molecule has 0 aliphatic carbocycles. The summed E-state index contributed by atoms with van der Waals surface area (Å²) in [6.45, 7) is 5.36. The van der Waals surface area contributed by atoms with Crippen molar-refractivity contribution in [1.29, 1.82) is 0 Å². The second-order valence-electron chi connectivity index (χ2n) is 3.81. The van der Waals surface area contributed by atoms with Gasteiger partial charge >= 0.3 is 5.97 Å². The van der Waals surface area contributed by atoms with Gasteiger partial charge in [0.2, 0.25) is 0 Å². The Kier molecular flexibility index (Phi) is 5.12. The largest absolute Gasteiger partial charge is 0.481 e. The van der Waals surface area contributed by atoms with E-state index in [0.717, 1.165) is 0 Å². The minimum Gasteiger partial charge on any atom is -0.481 e. The van der Waals surface area contributed by atoms with Crippen LogP contribution < -0.4 is 0 Å². The summed E-state index contributed by atoms with van der Waals surface area (Å²) in [5, 5.41) is 7.97. The zero-order valence-corrected chi connectivity index (χ0v) is 9.67. The molecule has 1 unspecified atom stereocenters. The second kappa shape index (κ2) is 5.34. The Morgan fingerprint density at radius 3 is 2.14 bits per heavy atom. The zero-order valence-electron chi connectivity index (χ0n) is 8.86. The first-order chi connectivity index (χ1) is 6.27. The number of hydrogen-bond acceptors (Lipinski definition) is 3. The Labute approximate surface area is 85.2 Å². The molecule has 0 aromatic rings. The Hall–Kier alpha value is -0.580. The summed E-state index contributed by atoms with van der Waals surface area (Å²) in [4.78, 5) is 10.2. The van der Waals surface area contributed by atoms with Crippen molar-refractivity contribution < 1.29 is 18.3 Å². The number of sulfone groups is 1. The van der Waals surface area contributed by atoms with E-state index in [1.54, 1.807) is 6.92 Å². The fraction of sp³-hybridized carbons (Fsp3) is 0.889. The van der Waals surface area contributed by atoms with Crippen LogP contribution in [0.4, 0.5) is 0 Å². The van der Waals surface area contributed by atoms with E-state index in [0.29, 0.717) is 0 Å². The summed E-state index contributed by atoms with van der Waals surface area (Å²) in [6, 6.07) is 0. The molecule has 4 nitrogen and oxygen atoms in total. The molecule has 0 saturated carbocycles. The molecule has 0 spiro atoms. The minimum atomic E-state index is -3.12. The highest BCUT2D eigenvalue weighted by atomic mass is 32.2. The highest BCUT2D eigenvalue weighted by Gasteiger charge is 2.23. The summed E-state index contributed by atoms with van der Waals surface area (Å²) in [5.41, 5.74) is 0. The molecule has 5 heteroatoms. The maximum absolute atomic E-state index is 11.6. The zero-order chi connectivity index (χ0) is 11.4. The van der Waals surface area contributed by atoms with Crippen LogP contribution >= 0.6 is 0 Å². The summed E-state index contributed by atoms with van der Waals surface area (Å²) in [6.07, 6.45) is 0.124. The van der Waals surface area contributed by atoms with Crippen molar-refractivity contribution >= 4 is 15.8 Å². The van der Waals surface area contributed by atoms with Crippen LogP contribution in [-0.2, 0) is 14.6 Å². The summed E-state index contributed by atoms with van der Waals surface area (Å²) >= 11 is 0. The maximum Gasteiger partial charge on any atom is 0.303 e. The number of aliphatic carboxylic acids is 1. The Bertz CT molecular complexity index is 279. The van der Waals surface area contributed by atoms with Crippen molar-refractivity contribution in [3.63, 3.8) is 0 Å². The number of hydrogen-bond donors (Lipinski definition) is 1. The first kappa shape index (κ1) is 13.4. The Morgan fingerprint density at radius 1 is 1.29 bits per heavy atom. The highest BCUT2D eigenvalue weighted by Crippen LogP contribution is 2.13. The SMILES string of the molecule is CC(C)C(C)S(=O)(=O)CCCC(=O)O. The van der Waals surface area contributed by atoms with Gasteiger partial charge < -0.3 is 5.11 Å². The van der Waals surface area contributed by atoms with Crippen molar-refractivity contribution in [2.45, 2.75) is 38.9 Å². The molecule has 0 aromatic carbocycles. The van der Waals surface area contributed by atoms with Crippen LogP contribution in [-0.4, -0.2) is 30.5 Å². The normalized spacial score (nSPS) is 14.3. The average molecular weight is 222 g/mol. The first-order valence-corrected chi connectivity index (χ1v) is 6.42. The van der Waals surface area contributed by atoms with Crippen LogP contribution in [0.2, 0.25) is 0 Å². The standard InChI is InChI=1S/C9H18O4S/c1-7(2)8(3)14(12,13)6-4-5-9(10)11/h7-8H,4-6H2,1-3H3,(H,10,11). The van der Waals surface area contributed by atoms with E-state index in [1.165, 1.54) is 0 Å². The van der Waals surface area contributed by atoms with Gasteiger partial charge in [-0.2, -0.15) is 0 Å². The average Bonchev–Trinajstić information content (AvgIpc) is 2.01. The molecule has 0 heterocycles. The third-order valence-electron chi connectivity index (χ3n) is 2.32. The van der Waals surface area contributed by atoms with Gasteiger partial charge in [-0.1, -0.05) is 13.8 Å². The molecule has 0 amide bonds. The molecule has 0 aliphatic heterocycles. The van der Waals surface area contributed by atoms with Crippen molar-refractivity contribution in [2.24, 2.45) is 5.92 Å². The minimum absolute atomic E-state index is 0.0291. The molecule has 0 fully saturated rings. The van der Waals surface area contributed by atoms with Gasteiger partial charge in [-0.15, -0.1) is 0 Å². The van der Waals surface area contributed by atoms with Gasteiger partial charge in [0, 0.05) is 6.42 Å². The molecule has 0 aliphatic rings. The van der Waals surface area contributed by atoms with Gasteiger partial charge in [-0.05, 0) is 19.3 Å². The van der Waals surface area contributed by atoms with Crippen LogP contribution in [0.1, 0.15) is 33.6 Å². The van der Waals surface area contributed by atoms with Crippen molar-refractivity contribution in [3.05, 3.63) is 0 Å². The smallest absolute Gasteiger partial charge is 0.303 e. The van der Waals surface area contributed by atoms with E-state index < -0.39 is 21.1 Å². The van der Waals surface area contributed by atoms with Crippen molar-refractivity contribution in [2.75, 3.05) is 5.75 Å². The van der Waals surface area contributed by atoms with E-state index in [2.05, 4.69) is 0 Å². The maximum atomic E-state index is 11.6. The Balaban J connectivity index is 4.15. The molecular formula is C9H18O4S. The van der Waals surface area contributed by atoms with Gasteiger partial charge in [-0.3, -0.25) is 4.79 Å². The highest BCUT2D eigenvalue weighted by molar-refractivity contribution is 7.92. The van der Waals surface area contributed by atoms with E-state index in [1.807, 2.05) is 13.8 Å². The van der Waals surface area contributed by atoms with Crippen LogP contribution in [0, 0.1) is 5.92 Å². The summed E-state index contributed by atoms with van der Waals surface area (Å²) < 4.78 is 23.1. The third-order valence-corrected chi connectivity index (χ3v) is 4.86. The van der Waals surface area contributed by atoms with E-state index in [4.69, 9.17) is 5.11 Å². The summed E-state index contributed by atoms with van der Waals surface area (Å²) in [7, 11) is -3.12. The molecule has 84 valence electrons. The second-order valence-corrected chi connectivity index (χ2v) is 6.29. The third kappa shape index (κ3) is 4.60. The molecule has 14 heavy (non-hydrogen) atoms. The van der Waals surface area contributed by atoms with Crippen molar-refractivity contribution in [3.8, 4) is 0 Å². The lowest BCUT2D eigenvalue weighted by molar-refractivity contribution is -0.137. The lowest BCUT2D eigenvalue weighted by atomic mass is 10.2. The van der Waals surface area contributed by atoms with Gasteiger partial charge in [0.1, 0.15) is 0 Å². The fourth-order valence-electron chi connectivity index (χ4n) is 1.03. The fourth-order valence-corrected chi connectivity index (χ4v) is 2.77. The van der Waals surface area contributed by atoms with Gasteiger partial charge in [0.05, 0.1) is 11.0 Å². The van der Waals surface area contributed by atoms with Gasteiger partial charge in [0.25, 0.3) is 0 Å². The molecule has 0 radical (unpaired) electrons. The number of carboxylic acids is 1. The van der Waals surface area contributed by atoms with E-state index in [-0.39, 0.29) is 24.5 Å². The van der Waals surface area contributed by atoms with Crippen LogP contribution in [0.15, 0.2) is 0 Å². The molecule has 1 N–H and O–H groups in total. The molecule has 0 aromatic heterocycles. The lowest BCUT2D eigenvalue weighted by Crippen LogP contribution is -2.26. The summed E-state index contributed by atoms with van der Waals surface area (Å²) in [5.74, 6) is -0.902. The topological polar surface area (TPSA) is 71.4 Å². The molecule has 0 bridgehead atoms. The quantitative estimate of drug-likeness (QED) is 0.735. The first-order valence-electron chi connectivity index (χ1n) is 4.70. The molecular weight excluding hydrogens is 204 g/mol. The van der Waals surface area contributed by atoms with Crippen LogP contribution in [0.25, 0.3) is 0 Å². The Morgan fingerprint density at radius 2 is 1.79 bits per heavy atom. The van der Waals surface area contributed by atoms with Gasteiger partial charge in [-0.25, -0.2) is 8.42 Å². The number of rotatable bonds is 6. The predicted octanol–water partition coefficient (Wildman–Crippen LogP) is 1.31. The molecule has 1 atom stereocenters.